The summed E-state index contributed by atoms with van der Waals surface area (Å²) in [5.74, 6) is 6.13. The third-order valence-electron chi connectivity index (χ3n) is 4.20. The summed E-state index contributed by atoms with van der Waals surface area (Å²) in [6.45, 7) is 3.06. The van der Waals surface area contributed by atoms with Gasteiger partial charge in [-0.1, -0.05) is 31.6 Å². The maximum atomic E-state index is 12.5. The van der Waals surface area contributed by atoms with Crippen LogP contribution in [0.1, 0.15) is 49.5 Å². The first-order valence-corrected chi connectivity index (χ1v) is 8.13. The first kappa shape index (κ1) is 15.1. The lowest BCUT2D eigenvalue weighted by molar-refractivity contribution is -0.131. The van der Waals surface area contributed by atoms with Gasteiger partial charge in [-0.3, -0.25) is 4.79 Å². The van der Waals surface area contributed by atoms with E-state index in [1.807, 2.05) is 11.4 Å². The lowest BCUT2D eigenvalue weighted by Crippen LogP contribution is -2.38. The van der Waals surface area contributed by atoms with Crippen LogP contribution in [0.2, 0.25) is 0 Å². The fourth-order valence-electron chi connectivity index (χ4n) is 2.88. The SMILES string of the molecule is CCC1(C(=O)NCc2sccc2C#CCN)CCCC1. The van der Waals surface area contributed by atoms with Crippen molar-refractivity contribution in [2.45, 2.75) is 45.6 Å². The van der Waals surface area contributed by atoms with E-state index in [2.05, 4.69) is 24.1 Å². The summed E-state index contributed by atoms with van der Waals surface area (Å²) in [5, 5.41) is 5.12. The second kappa shape index (κ2) is 6.92. The van der Waals surface area contributed by atoms with Crippen molar-refractivity contribution in [1.82, 2.24) is 5.32 Å². The number of hydrogen-bond acceptors (Lipinski definition) is 3. The molecule has 3 nitrogen and oxygen atoms in total. The summed E-state index contributed by atoms with van der Waals surface area (Å²) in [6.07, 6.45) is 5.34. The number of nitrogens with one attached hydrogen (secondary N) is 1. The summed E-state index contributed by atoms with van der Waals surface area (Å²) >= 11 is 1.63. The molecule has 20 heavy (non-hydrogen) atoms. The minimum Gasteiger partial charge on any atom is -0.351 e. The highest BCUT2D eigenvalue weighted by atomic mass is 32.1. The highest BCUT2D eigenvalue weighted by Crippen LogP contribution is 2.41. The van der Waals surface area contributed by atoms with Crippen LogP contribution >= 0.6 is 11.3 Å². The van der Waals surface area contributed by atoms with E-state index in [9.17, 15) is 4.79 Å². The van der Waals surface area contributed by atoms with Crippen LogP contribution in [0.5, 0.6) is 0 Å². The zero-order chi connectivity index (χ0) is 14.4. The Morgan fingerprint density at radius 3 is 2.90 bits per heavy atom. The summed E-state index contributed by atoms with van der Waals surface area (Å²) < 4.78 is 0. The third kappa shape index (κ3) is 3.23. The van der Waals surface area contributed by atoms with Gasteiger partial charge in [0.05, 0.1) is 13.1 Å². The molecule has 1 aliphatic carbocycles. The molecule has 1 aromatic heterocycles. The molecule has 1 aliphatic rings. The molecule has 4 heteroatoms. The van der Waals surface area contributed by atoms with E-state index in [0.717, 1.165) is 29.7 Å². The first-order valence-electron chi connectivity index (χ1n) is 7.25. The molecule has 0 bridgehead atoms. The molecule has 1 fully saturated rings. The molecular weight excluding hydrogens is 268 g/mol. The molecular formula is C16H22N2OS. The van der Waals surface area contributed by atoms with Crippen molar-refractivity contribution in [3.05, 3.63) is 21.9 Å². The quantitative estimate of drug-likeness (QED) is 0.838. The Morgan fingerprint density at radius 2 is 2.25 bits per heavy atom. The number of thiophene rings is 1. The van der Waals surface area contributed by atoms with Crippen molar-refractivity contribution in [2.24, 2.45) is 11.1 Å². The zero-order valence-electron chi connectivity index (χ0n) is 12.0. The molecule has 1 heterocycles. The smallest absolute Gasteiger partial charge is 0.226 e. The van der Waals surface area contributed by atoms with Crippen LogP contribution < -0.4 is 11.1 Å². The Hall–Kier alpha value is -1.31. The third-order valence-corrected chi connectivity index (χ3v) is 5.12. The van der Waals surface area contributed by atoms with E-state index in [1.54, 1.807) is 11.3 Å². The van der Waals surface area contributed by atoms with Crippen LogP contribution in [-0.4, -0.2) is 12.5 Å². The van der Waals surface area contributed by atoms with E-state index in [1.165, 1.54) is 12.8 Å². The molecule has 0 atom stereocenters. The lowest BCUT2D eigenvalue weighted by atomic mass is 9.82. The van der Waals surface area contributed by atoms with E-state index < -0.39 is 0 Å². The fourth-order valence-corrected chi connectivity index (χ4v) is 3.65. The normalized spacial score (nSPS) is 16.5. The van der Waals surface area contributed by atoms with Crippen LogP contribution in [0, 0.1) is 17.3 Å². The molecule has 1 aromatic rings. The Labute approximate surface area is 124 Å². The molecule has 0 radical (unpaired) electrons. The van der Waals surface area contributed by atoms with Gasteiger partial charge >= 0.3 is 0 Å². The van der Waals surface area contributed by atoms with Gasteiger partial charge in [-0.25, -0.2) is 0 Å². The second-order valence-electron chi connectivity index (χ2n) is 5.29. The molecule has 0 aromatic carbocycles. The standard InChI is InChI=1S/C16H22N2OS/c1-2-16(8-3-4-9-16)15(19)18-12-14-13(6-5-10-17)7-11-20-14/h7,11H,2-4,8-10,12,17H2,1H3,(H,18,19). The molecule has 0 saturated heterocycles. The molecule has 2 rings (SSSR count). The van der Waals surface area contributed by atoms with Gasteiger partial charge in [0.25, 0.3) is 0 Å². The molecule has 0 aliphatic heterocycles. The number of nitrogens with two attached hydrogens (primary N) is 1. The van der Waals surface area contributed by atoms with Crippen molar-refractivity contribution >= 4 is 17.2 Å². The highest BCUT2D eigenvalue weighted by Gasteiger charge is 2.39. The topological polar surface area (TPSA) is 55.1 Å². The number of rotatable bonds is 4. The first-order chi connectivity index (χ1) is 9.72. The summed E-state index contributed by atoms with van der Waals surface area (Å²) in [6, 6.07) is 1.99. The Bertz CT molecular complexity index is 518. The van der Waals surface area contributed by atoms with Gasteiger partial charge in [-0.2, -0.15) is 0 Å². The van der Waals surface area contributed by atoms with Gasteiger partial charge < -0.3 is 11.1 Å². The van der Waals surface area contributed by atoms with Gasteiger partial charge in [-0.05, 0) is 30.7 Å². The molecule has 108 valence electrons. The number of hydrogen-bond donors (Lipinski definition) is 2. The van der Waals surface area contributed by atoms with E-state index in [4.69, 9.17) is 5.73 Å². The van der Waals surface area contributed by atoms with Gasteiger partial charge in [0.1, 0.15) is 0 Å². The molecule has 1 amide bonds. The van der Waals surface area contributed by atoms with Crippen molar-refractivity contribution in [3.63, 3.8) is 0 Å². The number of amides is 1. The maximum Gasteiger partial charge on any atom is 0.226 e. The molecule has 0 unspecified atom stereocenters. The van der Waals surface area contributed by atoms with E-state index in [-0.39, 0.29) is 11.3 Å². The molecule has 3 N–H and O–H groups in total. The predicted octanol–water partition coefficient (Wildman–Crippen LogP) is 2.64. The van der Waals surface area contributed by atoms with Crippen LogP contribution in [-0.2, 0) is 11.3 Å². The van der Waals surface area contributed by atoms with Gasteiger partial charge in [0, 0.05) is 15.9 Å². The van der Waals surface area contributed by atoms with Crippen LogP contribution in [0.25, 0.3) is 0 Å². The zero-order valence-corrected chi connectivity index (χ0v) is 12.8. The predicted molar refractivity (Wildman–Crippen MR) is 83.3 cm³/mol. The number of carbonyl (C=O) groups excluding carboxylic acids is 1. The number of carbonyl (C=O) groups is 1. The van der Waals surface area contributed by atoms with Crippen LogP contribution in [0.15, 0.2) is 11.4 Å². The maximum absolute atomic E-state index is 12.5. The fraction of sp³-hybridized carbons (Fsp3) is 0.562. The second-order valence-corrected chi connectivity index (χ2v) is 6.29. The van der Waals surface area contributed by atoms with Gasteiger partial charge in [0.2, 0.25) is 5.91 Å². The minimum absolute atomic E-state index is 0.125. The largest absolute Gasteiger partial charge is 0.351 e. The van der Waals surface area contributed by atoms with Crippen molar-refractivity contribution in [3.8, 4) is 11.8 Å². The van der Waals surface area contributed by atoms with Crippen molar-refractivity contribution in [1.29, 1.82) is 0 Å². The van der Waals surface area contributed by atoms with E-state index in [0.29, 0.717) is 13.1 Å². The van der Waals surface area contributed by atoms with Gasteiger partial charge in [-0.15, -0.1) is 11.3 Å². The lowest BCUT2D eigenvalue weighted by Gasteiger charge is -2.25. The van der Waals surface area contributed by atoms with Crippen molar-refractivity contribution < 1.29 is 4.79 Å². The summed E-state index contributed by atoms with van der Waals surface area (Å²) in [5.41, 5.74) is 6.25. The van der Waals surface area contributed by atoms with Crippen LogP contribution in [0.4, 0.5) is 0 Å². The van der Waals surface area contributed by atoms with Gasteiger partial charge in [0.15, 0.2) is 0 Å². The van der Waals surface area contributed by atoms with Crippen molar-refractivity contribution in [2.75, 3.05) is 6.54 Å². The Balaban J connectivity index is 1.98. The molecule has 0 spiro atoms. The summed E-state index contributed by atoms with van der Waals surface area (Å²) in [7, 11) is 0. The monoisotopic (exact) mass is 290 g/mol. The minimum atomic E-state index is -0.125. The highest BCUT2D eigenvalue weighted by molar-refractivity contribution is 7.10. The van der Waals surface area contributed by atoms with E-state index >= 15 is 0 Å². The summed E-state index contributed by atoms with van der Waals surface area (Å²) in [4.78, 5) is 13.6. The molecule has 1 saturated carbocycles. The average molecular weight is 290 g/mol. The Kier molecular flexibility index (Phi) is 5.22. The average Bonchev–Trinajstić information content (AvgIpc) is 3.12. The van der Waals surface area contributed by atoms with Crippen LogP contribution in [0.3, 0.4) is 0 Å². The Morgan fingerprint density at radius 1 is 1.50 bits per heavy atom.